The highest BCUT2D eigenvalue weighted by Gasteiger charge is 2.02. The van der Waals surface area contributed by atoms with Gasteiger partial charge in [-0.05, 0) is 30.7 Å². The number of benzene rings is 1. The van der Waals surface area contributed by atoms with Crippen LogP contribution in [-0.2, 0) is 11.2 Å². The highest BCUT2D eigenvalue weighted by molar-refractivity contribution is 9.11. The molecule has 0 aliphatic heterocycles. The summed E-state index contributed by atoms with van der Waals surface area (Å²) in [6, 6.07) is 5.82. The summed E-state index contributed by atoms with van der Waals surface area (Å²) in [5.74, 6) is 0.175. The van der Waals surface area contributed by atoms with Crippen LogP contribution in [0.5, 0.6) is 0 Å². The van der Waals surface area contributed by atoms with E-state index in [2.05, 4.69) is 31.9 Å². The maximum absolute atomic E-state index is 10.8. The SMILES string of the molecule is CC(=O)Cc1cc(Br)ccc1Br. The summed E-state index contributed by atoms with van der Waals surface area (Å²) in [6.45, 7) is 1.59. The van der Waals surface area contributed by atoms with Crippen molar-refractivity contribution in [2.24, 2.45) is 0 Å². The molecule has 0 saturated heterocycles. The predicted octanol–water partition coefficient (Wildman–Crippen LogP) is 3.34. The second-order valence-electron chi connectivity index (χ2n) is 2.61. The lowest BCUT2D eigenvalue weighted by molar-refractivity contribution is -0.116. The van der Waals surface area contributed by atoms with Gasteiger partial charge >= 0.3 is 0 Å². The average Bonchev–Trinajstić information content (AvgIpc) is 1.96. The molecule has 12 heavy (non-hydrogen) atoms. The van der Waals surface area contributed by atoms with Crippen molar-refractivity contribution >= 4 is 37.6 Å². The van der Waals surface area contributed by atoms with E-state index in [1.807, 2.05) is 18.2 Å². The number of hydrogen-bond donors (Lipinski definition) is 0. The Labute approximate surface area is 88.4 Å². The normalized spacial score (nSPS) is 9.92. The number of carbonyl (C=O) groups excluding carboxylic acids is 1. The van der Waals surface area contributed by atoms with Crippen molar-refractivity contribution in [2.75, 3.05) is 0 Å². The molecule has 0 aliphatic rings. The van der Waals surface area contributed by atoms with E-state index in [4.69, 9.17) is 0 Å². The standard InChI is InChI=1S/C9H8Br2O/c1-6(12)4-7-5-8(10)2-3-9(7)11/h2-3,5H,4H2,1H3. The quantitative estimate of drug-likeness (QED) is 0.817. The van der Waals surface area contributed by atoms with Gasteiger partial charge in [-0.15, -0.1) is 0 Å². The minimum absolute atomic E-state index is 0.175. The number of hydrogen-bond acceptors (Lipinski definition) is 1. The monoisotopic (exact) mass is 290 g/mol. The van der Waals surface area contributed by atoms with Gasteiger partial charge in [0.15, 0.2) is 0 Å². The van der Waals surface area contributed by atoms with Gasteiger partial charge in [0.05, 0.1) is 0 Å². The van der Waals surface area contributed by atoms with E-state index in [0.29, 0.717) is 6.42 Å². The number of ketones is 1. The molecule has 0 bridgehead atoms. The molecule has 0 heterocycles. The van der Waals surface area contributed by atoms with Gasteiger partial charge in [0.1, 0.15) is 5.78 Å². The third-order valence-electron chi connectivity index (χ3n) is 1.45. The lowest BCUT2D eigenvalue weighted by atomic mass is 10.1. The second-order valence-corrected chi connectivity index (χ2v) is 4.38. The summed E-state index contributed by atoms with van der Waals surface area (Å²) in [6.07, 6.45) is 0.486. The highest BCUT2D eigenvalue weighted by atomic mass is 79.9. The molecule has 0 spiro atoms. The van der Waals surface area contributed by atoms with Gasteiger partial charge in [0.25, 0.3) is 0 Å². The van der Waals surface area contributed by atoms with Gasteiger partial charge < -0.3 is 0 Å². The first kappa shape index (κ1) is 9.93. The van der Waals surface area contributed by atoms with Crippen LogP contribution in [0.1, 0.15) is 12.5 Å². The molecule has 0 N–H and O–H groups in total. The molecular formula is C9H8Br2O. The summed E-state index contributed by atoms with van der Waals surface area (Å²) in [4.78, 5) is 10.8. The van der Waals surface area contributed by atoms with Crippen LogP contribution in [0.25, 0.3) is 0 Å². The number of halogens is 2. The summed E-state index contributed by atoms with van der Waals surface area (Å²) in [7, 11) is 0. The van der Waals surface area contributed by atoms with Crippen molar-refractivity contribution in [3.05, 3.63) is 32.7 Å². The van der Waals surface area contributed by atoms with E-state index in [1.54, 1.807) is 6.92 Å². The number of carbonyl (C=O) groups is 1. The molecule has 3 heteroatoms. The van der Waals surface area contributed by atoms with E-state index in [0.717, 1.165) is 14.5 Å². The van der Waals surface area contributed by atoms with Crippen LogP contribution in [0.3, 0.4) is 0 Å². The van der Waals surface area contributed by atoms with Crippen molar-refractivity contribution < 1.29 is 4.79 Å². The minimum atomic E-state index is 0.175. The fourth-order valence-electron chi connectivity index (χ4n) is 0.947. The fraction of sp³-hybridized carbons (Fsp3) is 0.222. The first-order chi connectivity index (χ1) is 5.59. The van der Waals surface area contributed by atoms with E-state index < -0.39 is 0 Å². The predicted molar refractivity (Wildman–Crippen MR) is 56.2 cm³/mol. The van der Waals surface area contributed by atoms with Gasteiger partial charge in [0, 0.05) is 15.4 Å². The topological polar surface area (TPSA) is 17.1 Å². The molecule has 0 aromatic heterocycles. The van der Waals surface area contributed by atoms with E-state index in [1.165, 1.54) is 0 Å². The van der Waals surface area contributed by atoms with Crippen molar-refractivity contribution in [1.82, 2.24) is 0 Å². The van der Waals surface area contributed by atoms with Crippen molar-refractivity contribution in [2.45, 2.75) is 13.3 Å². The Morgan fingerprint density at radius 3 is 2.67 bits per heavy atom. The molecule has 0 radical (unpaired) electrons. The Hall–Kier alpha value is -0.150. The van der Waals surface area contributed by atoms with Crippen LogP contribution in [0, 0.1) is 0 Å². The van der Waals surface area contributed by atoms with Crippen LogP contribution in [-0.4, -0.2) is 5.78 Å². The lowest BCUT2D eigenvalue weighted by Gasteiger charge is -2.01. The average molecular weight is 292 g/mol. The van der Waals surface area contributed by atoms with Gasteiger partial charge in [-0.1, -0.05) is 31.9 Å². The van der Waals surface area contributed by atoms with Gasteiger partial charge in [-0.3, -0.25) is 4.79 Å². The second kappa shape index (κ2) is 4.19. The zero-order valence-corrected chi connectivity index (χ0v) is 9.78. The first-order valence-electron chi connectivity index (χ1n) is 3.53. The molecule has 0 amide bonds. The largest absolute Gasteiger partial charge is 0.300 e. The molecule has 1 rings (SSSR count). The molecule has 64 valence electrons. The molecular weight excluding hydrogens is 284 g/mol. The lowest BCUT2D eigenvalue weighted by Crippen LogP contribution is -1.96. The van der Waals surface area contributed by atoms with E-state index >= 15 is 0 Å². The smallest absolute Gasteiger partial charge is 0.134 e. The Morgan fingerprint density at radius 2 is 2.08 bits per heavy atom. The summed E-state index contributed by atoms with van der Waals surface area (Å²) >= 11 is 6.74. The zero-order valence-electron chi connectivity index (χ0n) is 6.60. The van der Waals surface area contributed by atoms with Crippen LogP contribution in [0.15, 0.2) is 27.1 Å². The molecule has 1 aromatic carbocycles. The molecule has 0 unspecified atom stereocenters. The number of rotatable bonds is 2. The van der Waals surface area contributed by atoms with Gasteiger partial charge in [0.2, 0.25) is 0 Å². The van der Waals surface area contributed by atoms with Gasteiger partial charge in [-0.2, -0.15) is 0 Å². The Balaban J connectivity index is 2.97. The Bertz CT molecular complexity index is 307. The molecule has 0 fully saturated rings. The number of Topliss-reactive ketones (excluding diaryl/α,β-unsaturated/α-hetero) is 1. The van der Waals surface area contributed by atoms with Crippen LogP contribution < -0.4 is 0 Å². The molecule has 0 atom stereocenters. The molecule has 0 aliphatic carbocycles. The fourth-order valence-corrected chi connectivity index (χ4v) is 1.74. The van der Waals surface area contributed by atoms with Crippen molar-refractivity contribution in [3.8, 4) is 0 Å². The van der Waals surface area contributed by atoms with Crippen LogP contribution in [0.4, 0.5) is 0 Å². The third-order valence-corrected chi connectivity index (χ3v) is 2.71. The maximum Gasteiger partial charge on any atom is 0.134 e. The summed E-state index contributed by atoms with van der Waals surface area (Å²) < 4.78 is 1.99. The molecule has 1 aromatic rings. The summed E-state index contributed by atoms with van der Waals surface area (Å²) in [5, 5.41) is 0. The van der Waals surface area contributed by atoms with Crippen molar-refractivity contribution in [1.29, 1.82) is 0 Å². The summed E-state index contributed by atoms with van der Waals surface area (Å²) in [5.41, 5.74) is 1.02. The van der Waals surface area contributed by atoms with Crippen molar-refractivity contribution in [3.63, 3.8) is 0 Å². The van der Waals surface area contributed by atoms with E-state index in [9.17, 15) is 4.79 Å². The minimum Gasteiger partial charge on any atom is -0.300 e. The maximum atomic E-state index is 10.8. The van der Waals surface area contributed by atoms with Gasteiger partial charge in [-0.25, -0.2) is 0 Å². The Morgan fingerprint density at radius 1 is 1.42 bits per heavy atom. The highest BCUT2D eigenvalue weighted by Crippen LogP contribution is 2.21. The van der Waals surface area contributed by atoms with E-state index in [-0.39, 0.29) is 5.78 Å². The van der Waals surface area contributed by atoms with Crippen LogP contribution in [0.2, 0.25) is 0 Å². The third kappa shape index (κ3) is 2.72. The first-order valence-corrected chi connectivity index (χ1v) is 5.11. The molecule has 1 nitrogen and oxygen atoms in total. The zero-order chi connectivity index (χ0) is 9.14. The van der Waals surface area contributed by atoms with Crippen LogP contribution >= 0.6 is 31.9 Å². The Kier molecular flexibility index (Phi) is 3.47. The molecule has 0 saturated carbocycles.